The zero-order chi connectivity index (χ0) is 18.7. The fourth-order valence-electron chi connectivity index (χ4n) is 2.66. The van der Waals surface area contributed by atoms with Crippen molar-refractivity contribution < 1.29 is 9.59 Å². The Hall–Kier alpha value is -1.91. The normalized spacial score (nSPS) is 13.9. The summed E-state index contributed by atoms with van der Waals surface area (Å²) in [6, 6.07) is 0. The van der Waals surface area contributed by atoms with Crippen LogP contribution in [0.25, 0.3) is 0 Å². The Balaban J connectivity index is 1.65. The molecule has 2 amide bonds. The van der Waals surface area contributed by atoms with Crippen LogP contribution >= 0.6 is 34.4 Å². The van der Waals surface area contributed by atoms with Crippen molar-refractivity contribution >= 4 is 56.4 Å². The van der Waals surface area contributed by atoms with Gasteiger partial charge in [-0.05, 0) is 31.7 Å². The number of anilines is 2. The first-order chi connectivity index (χ1) is 12.5. The Kier molecular flexibility index (Phi) is 5.94. The molecule has 1 aliphatic rings. The predicted molar refractivity (Wildman–Crippen MR) is 107 cm³/mol. The molecule has 0 unspecified atom stereocenters. The Bertz CT molecular complexity index is 845. The number of hydrogen-bond donors (Lipinski definition) is 3. The number of aryl methyl sites for hydroxylation is 1. The summed E-state index contributed by atoms with van der Waals surface area (Å²) < 4.78 is 0.697. The van der Waals surface area contributed by atoms with Crippen molar-refractivity contribution in [2.24, 2.45) is 5.73 Å². The zero-order valence-corrected chi connectivity index (χ0v) is 16.7. The molecule has 7 nitrogen and oxygen atoms in total. The van der Waals surface area contributed by atoms with Gasteiger partial charge in [-0.1, -0.05) is 29.2 Å². The zero-order valence-electron chi connectivity index (χ0n) is 14.2. The first kappa shape index (κ1) is 18.9. The molecule has 0 radical (unpaired) electrons. The molecule has 1 atom stereocenters. The number of thioether (sulfide) groups is 1. The summed E-state index contributed by atoms with van der Waals surface area (Å²) in [4.78, 5) is 25.5. The van der Waals surface area contributed by atoms with Crippen LogP contribution in [0.2, 0.25) is 0 Å². The number of aromatic nitrogens is 2. The molecule has 0 fully saturated rings. The maximum absolute atomic E-state index is 12.5. The molecular formula is C16H19N5O2S3. The molecule has 0 aliphatic heterocycles. The van der Waals surface area contributed by atoms with Crippen LogP contribution in [-0.2, 0) is 17.6 Å². The number of rotatable bonds is 8. The van der Waals surface area contributed by atoms with Crippen molar-refractivity contribution in [3.05, 3.63) is 28.7 Å². The molecule has 2 aromatic rings. The minimum atomic E-state index is -0.484. The predicted octanol–water partition coefficient (Wildman–Crippen LogP) is 2.90. The van der Waals surface area contributed by atoms with Gasteiger partial charge in [-0.2, -0.15) is 0 Å². The van der Waals surface area contributed by atoms with Crippen LogP contribution in [0.3, 0.4) is 0 Å². The molecule has 0 spiro atoms. The standard InChI is InChI=1S/C16H19N5O2S3/c1-3-7-18-15-20-21-16(26-15)24-8(2)13(23)19-14-11(12(17)22)9-5-4-6-10(9)25-14/h3,8H,1,4-7H2,2H3,(H2,17,22)(H,18,20)(H,19,23)/t8-/m1/s1. The Morgan fingerprint density at radius 3 is 2.92 bits per heavy atom. The number of nitrogens with two attached hydrogens (primary N) is 1. The van der Waals surface area contributed by atoms with Crippen molar-refractivity contribution in [2.45, 2.75) is 35.8 Å². The number of carbonyl (C=O) groups is 2. The van der Waals surface area contributed by atoms with Crippen molar-refractivity contribution in [1.82, 2.24) is 10.2 Å². The van der Waals surface area contributed by atoms with E-state index in [-0.39, 0.29) is 11.2 Å². The van der Waals surface area contributed by atoms with E-state index in [1.165, 1.54) is 34.4 Å². The van der Waals surface area contributed by atoms with Gasteiger partial charge in [0, 0.05) is 11.4 Å². The van der Waals surface area contributed by atoms with Crippen LogP contribution in [0, 0.1) is 0 Å². The molecule has 2 aromatic heterocycles. The highest BCUT2D eigenvalue weighted by atomic mass is 32.2. The van der Waals surface area contributed by atoms with Crippen molar-refractivity contribution in [1.29, 1.82) is 0 Å². The molecule has 1 aliphatic carbocycles. The molecule has 0 bridgehead atoms. The second-order valence-corrected chi connectivity index (χ2v) is 9.39. The topological polar surface area (TPSA) is 110 Å². The maximum atomic E-state index is 12.5. The number of carbonyl (C=O) groups excluding carboxylic acids is 2. The fraction of sp³-hybridized carbons (Fsp3) is 0.375. The number of fused-ring (bicyclic) bond motifs is 1. The van der Waals surface area contributed by atoms with E-state index < -0.39 is 5.91 Å². The molecule has 3 rings (SSSR count). The van der Waals surface area contributed by atoms with Crippen molar-refractivity contribution in [3.8, 4) is 0 Å². The van der Waals surface area contributed by atoms with Gasteiger partial charge < -0.3 is 16.4 Å². The molecule has 138 valence electrons. The smallest absolute Gasteiger partial charge is 0.251 e. The van der Waals surface area contributed by atoms with Gasteiger partial charge in [0.15, 0.2) is 4.34 Å². The van der Waals surface area contributed by atoms with E-state index in [9.17, 15) is 9.59 Å². The molecule has 0 aromatic carbocycles. The Morgan fingerprint density at radius 2 is 2.19 bits per heavy atom. The highest BCUT2D eigenvalue weighted by Crippen LogP contribution is 2.39. The van der Waals surface area contributed by atoms with Crippen LogP contribution in [0.1, 0.15) is 34.1 Å². The lowest BCUT2D eigenvalue weighted by molar-refractivity contribution is -0.115. The van der Waals surface area contributed by atoms with Gasteiger partial charge in [0.05, 0.1) is 10.8 Å². The molecule has 10 heteroatoms. The van der Waals surface area contributed by atoms with Crippen LogP contribution < -0.4 is 16.4 Å². The lowest BCUT2D eigenvalue weighted by atomic mass is 10.1. The Labute approximate surface area is 163 Å². The second kappa shape index (κ2) is 8.19. The number of hydrogen-bond acceptors (Lipinski definition) is 8. The van der Waals surface area contributed by atoms with Gasteiger partial charge in [0.25, 0.3) is 5.91 Å². The molecule has 4 N–H and O–H groups in total. The minimum Gasteiger partial charge on any atom is -0.365 e. The third-order valence-corrected chi connectivity index (χ3v) is 7.13. The van der Waals surface area contributed by atoms with E-state index in [2.05, 4.69) is 27.4 Å². The third-order valence-electron chi connectivity index (χ3n) is 3.86. The van der Waals surface area contributed by atoms with Gasteiger partial charge >= 0.3 is 0 Å². The number of nitrogens with zero attached hydrogens (tertiary/aromatic N) is 2. The number of nitrogens with one attached hydrogen (secondary N) is 2. The van der Waals surface area contributed by atoms with Crippen LogP contribution in [0.15, 0.2) is 17.0 Å². The van der Waals surface area contributed by atoms with Crippen LogP contribution in [0.4, 0.5) is 10.1 Å². The second-order valence-electron chi connectivity index (χ2n) is 5.72. The van der Waals surface area contributed by atoms with Crippen LogP contribution in [-0.4, -0.2) is 33.8 Å². The maximum Gasteiger partial charge on any atom is 0.251 e. The number of primary amides is 1. The monoisotopic (exact) mass is 409 g/mol. The third kappa shape index (κ3) is 4.08. The van der Waals surface area contributed by atoms with E-state index in [4.69, 9.17) is 5.73 Å². The molecule has 0 saturated heterocycles. The number of amides is 2. The average Bonchev–Trinajstić information content (AvgIpc) is 3.28. The lowest BCUT2D eigenvalue weighted by Crippen LogP contribution is -2.24. The van der Waals surface area contributed by atoms with E-state index >= 15 is 0 Å². The van der Waals surface area contributed by atoms with Gasteiger partial charge in [-0.15, -0.1) is 28.1 Å². The van der Waals surface area contributed by atoms with Gasteiger partial charge in [0.2, 0.25) is 11.0 Å². The summed E-state index contributed by atoms with van der Waals surface area (Å²) in [6.07, 6.45) is 4.54. The summed E-state index contributed by atoms with van der Waals surface area (Å²) in [5.74, 6) is -0.671. The minimum absolute atomic E-state index is 0.187. The van der Waals surface area contributed by atoms with Crippen LogP contribution in [0.5, 0.6) is 0 Å². The molecule has 26 heavy (non-hydrogen) atoms. The molecular weight excluding hydrogens is 390 g/mol. The largest absolute Gasteiger partial charge is 0.365 e. The first-order valence-corrected chi connectivity index (χ1v) is 10.6. The van der Waals surface area contributed by atoms with E-state index in [1.807, 2.05) is 0 Å². The first-order valence-electron chi connectivity index (χ1n) is 8.09. The summed E-state index contributed by atoms with van der Waals surface area (Å²) in [6.45, 7) is 6.04. The molecule has 0 saturated carbocycles. The summed E-state index contributed by atoms with van der Waals surface area (Å²) in [5.41, 5.74) is 7.00. The summed E-state index contributed by atoms with van der Waals surface area (Å²) in [5, 5.41) is 14.9. The Morgan fingerprint density at radius 1 is 1.38 bits per heavy atom. The summed E-state index contributed by atoms with van der Waals surface area (Å²) in [7, 11) is 0. The van der Waals surface area contributed by atoms with E-state index in [1.54, 1.807) is 13.0 Å². The van der Waals surface area contributed by atoms with Crippen molar-refractivity contribution in [2.75, 3.05) is 17.2 Å². The SMILES string of the molecule is C=CCNc1nnc(S[C@H](C)C(=O)Nc2sc3c(c2C(N)=O)CCC3)s1. The quantitative estimate of drug-likeness (QED) is 0.457. The average molecular weight is 410 g/mol. The highest BCUT2D eigenvalue weighted by molar-refractivity contribution is 8.02. The van der Waals surface area contributed by atoms with E-state index in [0.717, 1.165) is 29.7 Å². The van der Waals surface area contributed by atoms with Crippen molar-refractivity contribution in [3.63, 3.8) is 0 Å². The van der Waals surface area contributed by atoms with E-state index in [0.29, 0.717) is 26.6 Å². The van der Waals surface area contributed by atoms with Gasteiger partial charge in [0.1, 0.15) is 5.00 Å². The van der Waals surface area contributed by atoms with Gasteiger partial charge in [-0.25, -0.2) is 0 Å². The molecule has 2 heterocycles. The summed E-state index contributed by atoms with van der Waals surface area (Å²) >= 11 is 4.16. The number of thiophene rings is 1. The van der Waals surface area contributed by atoms with Gasteiger partial charge in [-0.3, -0.25) is 9.59 Å². The lowest BCUT2D eigenvalue weighted by Gasteiger charge is -2.10. The highest BCUT2D eigenvalue weighted by Gasteiger charge is 2.27. The fourth-order valence-corrected chi connectivity index (χ4v) is 5.86.